The Hall–Kier alpha value is -2.78. The summed E-state index contributed by atoms with van der Waals surface area (Å²) in [5.74, 6) is 0.631. The van der Waals surface area contributed by atoms with Gasteiger partial charge in [0.2, 0.25) is 11.8 Å². The van der Waals surface area contributed by atoms with Gasteiger partial charge >= 0.3 is 0 Å². The molecule has 2 N–H and O–H groups in total. The summed E-state index contributed by atoms with van der Waals surface area (Å²) in [5, 5.41) is 9.87. The lowest BCUT2D eigenvalue weighted by molar-refractivity contribution is -0.120. The number of rotatable bonds is 8. The number of nitrogens with one attached hydrogen (secondary N) is 2. The summed E-state index contributed by atoms with van der Waals surface area (Å²) < 4.78 is 0. The molecule has 0 fully saturated rings. The van der Waals surface area contributed by atoms with Gasteiger partial charge in [-0.3, -0.25) is 9.59 Å². The van der Waals surface area contributed by atoms with Crippen LogP contribution >= 0.6 is 22.7 Å². The molecule has 28 heavy (non-hydrogen) atoms. The molecule has 3 aromatic heterocycles. The number of carbonyl (C=O) groups excluding carboxylic acids is 2. The molecule has 0 unspecified atom stereocenters. The lowest BCUT2D eigenvalue weighted by Gasteiger charge is -2.11. The van der Waals surface area contributed by atoms with Gasteiger partial charge in [-0.05, 0) is 23.1 Å². The predicted octanol–water partition coefficient (Wildman–Crippen LogP) is 2.71. The van der Waals surface area contributed by atoms with E-state index in [9.17, 15) is 9.59 Å². The third kappa shape index (κ3) is 5.86. The zero-order chi connectivity index (χ0) is 19.9. The summed E-state index contributed by atoms with van der Waals surface area (Å²) >= 11 is 2.86. The first-order valence-corrected chi connectivity index (χ1v) is 10.4. The van der Waals surface area contributed by atoms with E-state index in [-0.39, 0.29) is 18.2 Å². The largest absolute Gasteiger partial charge is 0.363 e. The smallest absolute Gasteiger partial charge is 0.231 e. The maximum atomic E-state index is 12.1. The van der Waals surface area contributed by atoms with Crippen LogP contribution in [-0.2, 0) is 29.0 Å². The zero-order valence-electron chi connectivity index (χ0n) is 15.6. The van der Waals surface area contributed by atoms with E-state index < -0.39 is 0 Å². The Bertz CT molecular complexity index is 920. The molecule has 3 rings (SSSR count). The Balaban J connectivity index is 1.45. The van der Waals surface area contributed by atoms with Gasteiger partial charge in [0.05, 0.1) is 18.5 Å². The first-order valence-electron chi connectivity index (χ1n) is 8.65. The molecule has 9 heteroatoms. The standard InChI is InChI=1S/C19H21N5O2S2/c1-24(2)16-6-5-13(10-20-16)11-21-17(25)8-14-12-28-19(22-14)23-18(26)9-15-4-3-7-27-15/h3-7,10,12H,8-9,11H2,1-2H3,(H,21,25)(H,22,23,26). The van der Waals surface area contributed by atoms with Gasteiger partial charge in [-0.2, -0.15) is 0 Å². The predicted molar refractivity (Wildman–Crippen MR) is 113 cm³/mol. The highest BCUT2D eigenvalue weighted by Gasteiger charge is 2.11. The molecule has 3 heterocycles. The van der Waals surface area contributed by atoms with Crippen LogP contribution in [0.25, 0.3) is 0 Å². The Morgan fingerprint density at radius 1 is 1.11 bits per heavy atom. The van der Waals surface area contributed by atoms with E-state index in [1.807, 2.05) is 48.6 Å². The first kappa shape index (κ1) is 20.0. The number of thiophene rings is 1. The van der Waals surface area contributed by atoms with Crippen LogP contribution in [0.1, 0.15) is 16.1 Å². The second-order valence-electron chi connectivity index (χ2n) is 6.32. The fourth-order valence-corrected chi connectivity index (χ4v) is 3.82. The number of pyridine rings is 1. The lowest BCUT2D eigenvalue weighted by atomic mass is 10.2. The van der Waals surface area contributed by atoms with Crippen LogP contribution in [0.5, 0.6) is 0 Å². The van der Waals surface area contributed by atoms with Crippen molar-refractivity contribution in [2.24, 2.45) is 0 Å². The minimum absolute atomic E-state index is 0.110. The Morgan fingerprint density at radius 2 is 1.96 bits per heavy atom. The van der Waals surface area contributed by atoms with Gasteiger partial charge in [0.1, 0.15) is 5.82 Å². The Labute approximate surface area is 171 Å². The third-order valence-electron chi connectivity index (χ3n) is 3.81. The molecule has 7 nitrogen and oxygen atoms in total. The van der Waals surface area contributed by atoms with Gasteiger partial charge < -0.3 is 15.5 Å². The molecular formula is C19H21N5O2S2. The van der Waals surface area contributed by atoms with Gasteiger partial charge in [0, 0.05) is 37.1 Å². The van der Waals surface area contributed by atoms with E-state index in [0.717, 1.165) is 16.3 Å². The fraction of sp³-hybridized carbons (Fsp3) is 0.263. The van der Waals surface area contributed by atoms with Crippen LogP contribution < -0.4 is 15.5 Å². The van der Waals surface area contributed by atoms with Gasteiger partial charge in [-0.15, -0.1) is 22.7 Å². The molecule has 0 radical (unpaired) electrons. The number of anilines is 2. The van der Waals surface area contributed by atoms with Crippen molar-refractivity contribution >= 4 is 45.4 Å². The van der Waals surface area contributed by atoms with Crippen molar-refractivity contribution in [2.45, 2.75) is 19.4 Å². The summed E-state index contributed by atoms with van der Waals surface area (Å²) in [6.07, 6.45) is 2.24. The number of aromatic nitrogens is 2. The van der Waals surface area contributed by atoms with Crippen molar-refractivity contribution < 1.29 is 9.59 Å². The first-order chi connectivity index (χ1) is 13.5. The summed E-state index contributed by atoms with van der Waals surface area (Å²) in [7, 11) is 3.85. The summed E-state index contributed by atoms with van der Waals surface area (Å²) in [5.41, 5.74) is 1.56. The van der Waals surface area contributed by atoms with Crippen LogP contribution in [-0.4, -0.2) is 35.9 Å². The zero-order valence-corrected chi connectivity index (χ0v) is 17.3. The minimum atomic E-state index is -0.126. The van der Waals surface area contributed by atoms with E-state index in [4.69, 9.17) is 0 Å². The maximum Gasteiger partial charge on any atom is 0.231 e. The lowest BCUT2D eigenvalue weighted by Crippen LogP contribution is -2.24. The number of carbonyl (C=O) groups is 2. The highest BCUT2D eigenvalue weighted by atomic mass is 32.1. The molecule has 0 bridgehead atoms. The van der Waals surface area contributed by atoms with E-state index in [2.05, 4.69) is 20.6 Å². The van der Waals surface area contributed by atoms with E-state index in [0.29, 0.717) is 23.8 Å². The number of nitrogens with zero attached hydrogens (tertiary/aromatic N) is 3. The summed E-state index contributed by atoms with van der Waals surface area (Å²) in [4.78, 5) is 35.7. The molecule has 0 spiro atoms. The van der Waals surface area contributed by atoms with E-state index in [1.54, 1.807) is 22.9 Å². The van der Waals surface area contributed by atoms with Crippen LogP contribution in [0, 0.1) is 0 Å². The second kappa shape index (κ2) is 9.43. The number of hydrogen-bond acceptors (Lipinski definition) is 7. The number of amides is 2. The van der Waals surface area contributed by atoms with Crippen molar-refractivity contribution in [3.63, 3.8) is 0 Å². The average molecular weight is 416 g/mol. The molecule has 2 amide bonds. The van der Waals surface area contributed by atoms with Gasteiger partial charge in [-0.25, -0.2) is 9.97 Å². The topological polar surface area (TPSA) is 87.2 Å². The molecule has 0 aliphatic carbocycles. The minimum Gasteiger partial charge on any atom is -0.363 e. The van der Waals surface area contributed by atoms with Crippen molar-refractivity contribution in [2.75, 3.05) is 24.3 Å². The van der Waals surface area contributed by atoms with Gasteiger partial charge in [0.15, 0.2) is 5.13 Å². The summed E-state index contributed by atoms with van der Waals surface area (Å²) in [6, 6.07) is 7.69. The van der Waals surface area contributed by atoms with Crippen molar-refractivity contribution in [3.8, 4) is 0 Å². The Kier molecular flexibility index (Phi) is 6.72. The molecule has 0 saturated heterocycles. The van der Waals surface area contributed by atoms with Gasteiger partial charge in [0.25, 0.3) is 0 Å². The average Bonchev–Trinajstić information content (AvgIpc) is 3.32. The Morgan fingerprint density at radius 3 is 2.64 bits per heavy atom. The number of thiazole rings is 1. The molecule has 0 atom stereocenters. The van der Waals surface area contributed by atoms with E-state index >= 15 is 0 Å². The van der Waals surface area contributed by atoms with E-state index in [1.165, 1.54) is 11.3 Å². The molecule has 0 aliphatic rings. The van der Waals surface area contributed by atoms with Crippen LogP contribution in [0.15, 0.2) is 41.2 Å². The van der Waals surface area contributed by atoms with Crippen LogP contribution in [0.4, 0.5) is 10.9 Å². The highest BCUT2D eigenvalue weighted by molar-refractivity contribution is 7.14. The normalized spacial score (nSPS) is 10.5. The highest BCUT2D eigenvalue weighted by Crippen LogP contribution is 2.17. The molecule has 0 aromatic carbocycles. The number of hydrogen-bond donors (Lipinski definition) is 2. The van der Waals surface area contributed by atoms with Crippen molar-refractivity contribution in [3.05, 3.63) is 57.4 Å². The maximum absolute atomic E-state index is 12.1. The quantitative estimate of drug-likeness (QED) is 0.591. The molecule has 3 aromatic rings. The fourth-order valence-electron chi connectivity index (χ4n) is 2.39. The molecular weight excluding hydrogens is 394 g/mol. The molecule has 0 aliphatic heterocycles. The third-order valence-corrected chi connectivity index (χ3v) is 5.49. The summed E-state index contributed by atoms with van der Waals surface area (Å²) in [6.45, 7) is 0.411. The van der Waals surface area contributed by atoms with Crippen LogP contribution in [0.2, 0.25) is 0 Å². The van der Waals surface area contributed by atoms with Crippen molar-refractivity contribution in [1.82, 2.24) is 15.3 Å². The van der Waals surface area contributed by atoms with Crippen molar-refractivity contribution in [1.29, 1.82) is 0 Å². The molecule has 146 valence electrons. The SMILES string of the molecule is CN(C)c1ccc(CNC(=O)Cc2csc(NC(=O)Cc3cccs3)n2)cn1. The van der Waals surface area contributed by atoms with Gasteiger partial charge in [-0.1, -0.05) is 12.1 Å². The molecule has 0 saturated carbocycles. The van der Waals surface area contributed by atoms with Crippen LogP contribution in [0.3, 0.4) is 0 Å². The monoisotopic (exact) mass is 415 g/mol. The second-order valence-corrected chi connectivity index (χ2v) is 8.21.